The van der Waals surface area contributed by atoms with Crippen molar-refractivity contribution in [2.24, 2.45) is 11.1 Å². The summed E-state index contributed by atoms with van der Waals surface area (Å²) in [6.45, 7) is 0. The summed E-state index contributed by atoms with van der Waals surface area (Å²) in [6.07, 6.45) is 5.44. The maximum atomic E-state index is 11.8. The number of carbonyl (C=O) groups is 2. The fraction of sp³-hybridized carbons (Fsp3) is 0.800. The molecule has 0 heterocycles. The van der Waals surface area contributed by atoms with Crippen LogP contribution in [0.1, 0.15) is 38.5 Å². The second kappa shape index (κ2) is 3.26. The first-order valence-corrected chi connectivity index (χ1v) is 5.26. The molecule has 2 aliphatic rings. The van der Waals surface area contributed by atoms with Crippen LogP contribution in [0.3, 0.4) is 0 Å². The number of nitrogens with two attached hydrogens (primary N) is 1. The Balaban J connectivity index is 1.97. The molecule has 0 spiro atoms. The van der Waals surface area contributed by atoms with Crippen LogP contribution in [-0.4, -0.2) is 17.9 Å². The van der Waals surface area contributed by atoms with Crippen LogP contribution >= 0.6 is 0 Å². The third kappa shape index (κ3) is 1.29. The maximum absolute atomic E-state index is 11.8. The molecule has 4 nitrogen and oxygen atoms in total. The van der Waals surface area contributed by atoms with Gasteiger partial charge in [0.1, 0.15) is 5.41 Å². The zero-order chi connectivity index (χ0) is 10.2. The second-order valence-electron chi connectivity index (χ2n) is 4.40. The molecular formula is C10H16N2O2. The van der Waals surface area contributed by atoms with Crippen LogP contribution in [-0.2, 0) is 9.59 Å². The molecule has 0 aromatic rings. The molecule has 2 fully saturated rings. The number of hydrogen-bond donors (Lipinski definition) is 2. The van der Waals surface area contributed by atoms with Crippen LogP contribution in [0.4, 0.5) is 0 Å². The Morgan fingerprint density at radius 2 is 1.86 bits per heavy atom. The molecule has 0 radical (unpaired) electrons. The van der Waals surface area contributed by atoms with Crippen molar-refractivity contribution in [2.75, 3.05) is 0 Å². The Bertz CT molecular complexity index is 267. The lowest BCUT2D eigenvalue weighted by Gasteiger charge is -2.39. The average Bonchev–Trinajstić information content (AvgIpc) is 1.93. The van der Waals surface area contributed by atoms with Crippen molar-refractivity contribution in [2.45, 2.75) is 44.6 Å². The zero-order valence-corrected chi connectivity index (χ0v) is 8.21. The molecule has 0 unspecified atom stereocenters. The van der Waals surface area contributed by atoms with Crippen molar-refractivity contribution in [3.8, 4) is 0 Å². The summed E-state index contributed by atoms with van der Waals surface area (Å²) >= 11 is 0. The van der Waals surface area contributed by atoms with Crippen LogP contribution in [0.2, 0.25) is 0 Å². The summed E-state index contributed by atoms with van der Waals surface area (Å²) in [4.78, 5) is 23.0. The van der Waals surface area contributed by atoms with Crippen LogP contribution < -0.4 is 11.1 Å². The van der Waals surface area contributed by atoms with E-state index in [9.17, 15) is 9.59 Å². The Hall–Kier alpha value is -1.06. The Morgan fingerprint density at radius 3 is 2.14 bits per heavy atom. The van der Waals surface area contributed by atoms with Crippen LogP contribution in [0.15, 0.2) is 0 Å². The van der Waals surface area contributed by atoms with E-state index in [4.69, 9.17) is 5.73 Å². The molecule has 0 aromatic carbocycles. The lowest BCUT2D eigenvalue weighted by atomic mass is 9.67. The van der Waals surface area contributed by atoms with Gasteiger partial charge >= 0.3 is 0 Å². The number of carbonyl (C=O) groups excluding carboxylic acids is 2. The summed E-state index contributed by atoms with van der Waals surface area (Å²) in [6, 6.07) is 0.291. The quantitative estimate of drug-likeness (QED) is 0.638. The molecular weight excluding hydrogens is 180 g/mol. The molecule has 0 atom stereocenters. The fourth-order valence-electron chi connectivity index (χ4n) is 1.99. The van der Waals surface area contributed by atoms with E-state index >= 15 is 0 Å². The van der Waals surface area contributed by atoms with E-state index in [0.29, 0.717) is 18.9 Å². The SMILES string of the molecule is NC(=O)C1(C(=O)NC2CCC2)CCC1. The minimum absolute atomic E-state index is 0.138. The molecule has 0 saturated heterocycles. The highest BCUT2D eigenvalue weighted by Crippen LogP contribution is 2.41. The highest BCUT2D eigenvalue weighted by Gasteiger charge is 2.50. The first kappa shape index (κ1) is 9.49. The fourth-order valence-corrected chi connectivity index (χ4v) is 1.99. The monoisotopic (exact) mass is 196 g/mol. The largest absolute Gasteiger partial charge is 0.369 e. The van der Waals surface area contributed by atoms with E-state index in [0.717, 1.165) is 19.3 Å². The van der Waals surface area contributed by atoms with Crippen molar-refractivity contribution in [1.82, 2.24) is 5.32 Å². The molecule has 3 N–H and O–H groups in total. The van der Waals surface area contributed by atoms with Gasteiger partial charge in [0.25, 0.3) is 0 Å². The molecule has 2 amide bonds. The number of rotatable bonds is 3. The lowest BCUT2D eigenvalue weighted by molar-refractivity contribution is -0.148. The molecule has 0 aliphatic heterocycles. The van der Waals surface area contributed by atoms with E-state index in [1.54, 1.807) is 0 Å². The molecule has 2 saturated carbocycles. The number of amides is 2. The minimum Gasteiger partial charge on any atom is -0.369 e. The van der Waals surface area contributed by atoms with Gasteiger partial charge in [-0.2, -0.15) is 0 Å². The first-order chi connectivity index (χ1) is 6.65. The minimum atomic E-state index is -0.865. The second-order valence-corrected chi connectivity index (χ2v) is 4.40. The van der Waals surface area contributed by atoms with Gasteiger partial charge in [0.2, 0.25) is 11.8 Å². The molecule has 0 aromatic heterocycles. The first-order valence-electron chi connectivity index (χ1n) is 5.26. The smallest absolute Gasteiger partial charge is 0.235 e. The highest BCUT2D eigenvalue weighted by atomic mass is 16.2. The van der Waals surface area contributed by atoms with E-state index in [2.05, 4.69) is 5.32 Å². The van der Waals surface area contributed by atoms with Crippen molar-refractivity contribution in [3.05, 3.63) is 0 Å². The molecule has 2 aliphatic carbocycles. The molecule has 78 valence electrons. The van der Waals surface area contributed by atoms with Gasteiger partial charge in [-0.15, -0.1) is 0 Å². The van der Waals surface area contributed by atoms with Gasteiger partial charge in [-0.05, 0) is 32.1 Å². The van der Waals surface area contributed by atoms with Crippen molar-refractivity contribution < 1.29 is 9.59 Å². The van der Waals surface area contributed by atoms with Gasteiger partial charge in [0.15, 0.2) is 0 Å². The van der Waals surface area contributed by atoms with E-state index in [1.165, 1.54) is 6.42 Å². The van der Waals surface area contributed by atoms with Crippen LogP contribution in [0, 0.1) is 5.41 Å². The standard InChI is InChI=1S/C10H16N2O2/c11-8(13)10(5-2-6-10)9(14)12-7-3-1-4-7/h7H,1-6H2,(H2,11,13)(H,12,14). The van der Waals surface area contributed by atoms with E-state index < -0.39 is 11.3 Å². The molecule has 14 heavy (non-hydrogen) atoms. The predicted molar refractivity (Wildman–Crippen MR) is 51.3 cm³/mol. The average molecular weight is 196 g/mol. The van der Waals surface area contributed by atoms with Crippen LogP contribution in [0.25, 0.3) is 0 Å². The molecule has 2 rings (SSSR count). The number of primary amides is 1. The van der Waals surface area contributed by atoms with Crippen molar-refractivity contribution in [3.63, 3.8) is 0 Å². The maximum Gasteiger partial charge on any atom is 0.235 e. The van der Waals surface area contributed by atoms with Crippen LogP contribution in [0.5, 0.6) is 0 Å². The van der Waals surface area contributed by atoms with Crippen molar-refractivity contribution >= 4 is 11.8 Å². The summed E-state index contributed by atoms with van der Waals surface area (Å²) in [7, 11) is 0. The van der Waals surface area contributed by atoms with Gasteiger partial charge in [-0.1, -0.05) is 6.42 Å². The van der Waals surface area contributed by atoms with Gasteiger partial charge in [-0.25, -0.2) is 0 Å². The topological polar surface area (TPSA) is 72.2 Å². The lowest BCUT2D eigenvalue weighted by Crippen LogP contribution is -2.56. The summed E-state index contributed by atoms with van der Waals surface area (Å²) in [5.41, 5.74) is 4.40. The Morgan fingerprint density at radius 1 is 1.21 bits per heavy atom. The Labute approximate surface area is 83.2 Å². The summed E-state index contributed by atoms with van der Waals surface area (Å²) in [5, 5.41) is 2.90. The highest BCUT2D eigenvalue weighted by molar-refractivity contribution is 6.05. The number of nitrogens with one attached hydrogen (secondary N) is 1. The third-order valence-electron chi connectivity index (χ3n) is 3.55. The zero-order valence-electron chi connectivity index (χ0n) is 8.21. The summed E-state index contributed by atoms with van der Waals surface area (Å²) in [5.74, 6) is -0.596. The van der Waals surface area contributed by atoms with Gasteiger partial charge in [0, 0.05) is 6.04 Å². The Kier molecular flexibility index (Phi) is 2.21. The van der Waals surface area contributed by atoms with E-state index in [1.807, 2.05) is 0 Å². The third-order valence-corrected chi connectivity index (χ3v) is 3.55. The predicted octanol–water partition coefficient (Wildman–Crippen LogP) is 0.311. The normalized spacial score (nSPS) is 24.6. The summed E-state index contributed by atoms with van der Waals surface area (Å²) < 4.78 is 0. The molecule has 0 bridgehead atoms. The number of hydrogen-bond acceptors (Lipinski definition) is 2. The van der Waals surface area contributed by atoms with Crippen molar-refractivity contribution in [1.29, 1.82) is 0 Å². The molecule has 4 heteroatoms. The van der Waals surface area contributed by atoms with Gasteiger partial charge in [-0.3, -0.25) is 9.59 Å². The van der Waals surface area contributed by atoms with E-state index in [-0.39, 0.29) is 5.91 Å². The van der Waals surface area contributed by atoms with Gasteiger partial charge < -0.3 is 11.1 Å². The van der Waals surface area contributed by atoms with Gasteiger partial charge in [0.05, 0.1) is 0 Å².